The third-order valence-electron chi connectivity index (χ3n) is 4.37. The molecule has 2 aromatic heterocycles. The molecule has 4 rings (SSSR count). The van der Waals surface area contributed by atoms with Gasteiger partial charge in [-0.15, -0.1) is 0 Å². The minimum absolute atomic E-state index is 0.955. The minimum Gasteiger partial charge on any atom is -0.319 e. The van der Waals surface area contributed by atoms with E-state index in [1.165, 1.54) is 11.0 Å². The van der Waals surface area contributed by atoms with Crippen LogP contribution in [0.2, 0.25) is 0 Å². The highest BCUT2D eigenvalue weighted by Gasteiger charge is 2.11. The van der Waals surface area contributed by atoms with Crippen molar-refractivity contribution < 1.29 is 0 Å². The van der Waals surface area contributed by atoms with E-state index in [1.807, 2.05) is 12.1 Å². The number of hydrogen-bond acceptors (Lipinski definition) is 4. The van der Waals surface area contributed by atoms with E-state index in [1.54, 1.807) is 23.5 Å². The second kappa shape index (κ2) is 7.14. The number of benzene rings is 2. The SMILES string of the molecule is CSc1nc2ccccc2n1CCCn1c(SC)nc2ccccc21. The summed E-state index contributed by atoms with van der Waals surface area (Å²) in [5.74, 6) is 0. The molecule has 6 heteroatoms. The summed E-state index contributed by atoms with van der Waals surface area (Å²) < 4.78 is 4.66. The van der Waals surface area contributed by atoms with E-state index in [4.69, 9.17) is 9.97 Å². The van der Waals surface area contributed by atoms with E-state index in [9.17, 15) is 0 Å². The molecule has 0 aliphatic carbocycles. The lowest BCUT2D eigenvalue weighted by Gasteiger charge is -2.10. The van der Waals surface area contributed by atoms with Crippen molar-refractivity contribution in [3.05, 3.63) is 48.5 Å². The summed E-state index contributed by atoms with van der Waals surface area (Å²) in [5, 5.41) is 2.17. The molecule has 0 radical (unpaired) electrons. The van der Waals surface area contributed by atoms with Crippen LogP contribution < -0.4 is 0 Å². The molecule has 2 heterocycles. The van der Waals surface area contributed by atoms with Crippen molar-refractivity contribution >= 4 is 45.6 Å². The van der Waals surface area contributed by atoms with E-state index < -0.39 is 0 Å². The number of para-hydroxylation sites is 4. The van der Waals surface area contributed by atoms with Gasteiger partial charge < -0.3 is 9.13 Å². The second-order valence-corrected chi connectivity index (χ2v) is 7.38. The standard InChI is InChI=1S/C19H20N4S2/c1-24-18-20-14-8-3-5-10-16(14)22(18)12-7-13-23-17-11-6-4-9-15(17)21-19(23)25-2/h3-6,8-11H,7,12-13H2,1-2H3. The molecule has 0 spiro atoms. The number of rotatable bonds is 6. The van der Waals surface area contributed by atoms with Gasteiger partial charge in [0.05, 0.1) is 22.1 Å². The maximum absolute atomic E-state index is 4.73. The molecular weight excluding hydrogens is 348 g/mol. The third-order valence-corrected chi connectivity index (χ3v) is 5.72. The van der Waals surface area contributed by atoms with Crippen LogP contribution in [0, 0.1) is 0 Å². The maximum atomic E-state index is 4.73. The Hall–Kier alpha value is -1.92. The molecule has 0 aliphatic heterocycles. The molecule has 0 fully saturated rings. The Kier molecular flexibility index (Phi) is 4.72. The highest BCUT2D eigenvalue weighted by atomic mass is 32.2. The van der Waals surface area contributed by atoms with Gasteiger partial charge in [-0.05, 0) is 43.2 Å². The maximum Gasteiger partial charge on any atom is 0.168 e. The molecule has 4 aromatic rings. The van der Waals surface area contributed by atoms with Crippen molar-refractivity contribution in [2.45, 2.75) is 29.8 Å². The summed E-state index contributed by atoms with van der Waals surface area (Å²) in [6, 6.07) is 16.7. The largest absolute Gasteiger partial charge is 0.319 e. The quantitative estimate of drug-likeness (QED) is 0.453. The van der Waals surface area contributed by atoms with Gasteiger partial charge in [0.25, 0.3) is 0 Å². The Bertz CT molecular complexity index is 937. The van der Waals surface area contributed by atoms with Gasteiger partial charge in [-0.1, -0.05) is 47.8 Å². The monoisotopic (exact) mass is 368 g/mol. The van der Waals surface area contributed by atoms with Crippen LogP contribution in [0.3, 0.4) is 0 Å². The topological polar surface area (TPSA) is 35.6 Å². The van der Waals surface area contributed by atoms with E-state index in [0.29, 0.717) is 0 Å². The van der Waals surface area contributed by atoms with E-state index >= 15 is 0 Å². The van der Waals surface area contributed by atoms with Gasteiger partial charge in [-0.3, -0.25) is 0 Å². The molecule has 128 valence electrons. The normalized spacial score (nSPS) is 11.6. The van der Waals surface area contributed by atoms with E-state index in [-0.39, 0.29) is 0 Å². The Morgan fingerprint density at radius 2 is 1.16 bits per heavy atom. The van der Waals surface area contributed by atoms with Gasteiger partial charge in [0, 0.05) is 13.1 Å². The number of aryl methyl sites for hydroxylation is 2. The second-order valence-electron chi connectivity index (χ2n) is 5.83. The average Bonchev–Trinajstić information content (AvgIpc) is 3.20. The molecule has 0 N–H and O–H groups in total. The fourth-order valence-corrected chi connectivity index (χ4v) is 4.44. The Balaban J connectivity index is 1.59. The van der Waals surface area contributed by atoms with Crippen LogP contribution in [0.5, 0.6) is 0 Å². The molecule has 2 aromatic carbocycles. The molecule has 4 nitrogen and oxygen atoms in total. The van der Waals surface area contributed by atoms with Gasteiger partial charge in [0.15, 0.2) is 10.3 Å². The summed E-state index contributed by atoms with van der Waals surface area (Å²) in [5.41, 5.74) is 4.58. The predicted molar refractivity (Wildman–Crippen MR) is 108 cm³/mol. The van der Waals surface area contributed by atoms with Crippen molar-refractivity contribution in [2.24, 2.45) is 0 Å². The van der Waals surface area contributed by atoms with Crippen LogP contribution in [-0.4, -0.2) is 31.6 Å². The number of fused-ring (bicyclic) bond motifs is 2. The van der Waals surface area contributed by atoms with Crippen LogP contribution >= 0.6 is 23.5 Å². The molecule has 0 atom stereocenters. The van der Waals surface area contributed by atoms with Crippen molar-refractivity contribution in [1.29, 1.82) is 0 Å². The molecule has 0 saturated carbocycles. The number of nitrogens with zero attached hydrogens (tertiary/aromatic N) is 4. The molecule has 25 heavy (non-hydrogen) atoms. The first-order valence-corrected chi connectivity index (χ1v) is 10.8. The lowest BCUT2D eigenvalue weighted by atomic mass is 10.3. The van der Waals surface area contributed by atoms with Crippen molar-refractivity contribution in [2.75, 3.05) is 12.5 Å². The predicted octanol–water partition coefficient (Wildman–Crippen LogP) is 4.92. The summed E-state index contributed by atoms with van der Waals surface area (Å²) in [6.45, 7) is 1.91. The number of hydrogen-bond donors (Lipinski definition) is 0. The van der Waals surface area contributed by atoms with E-state index in [2.05, 4.69) is 58.0 Å². The Labute approximate surface area is 155 Å². The zero-order valence-electron chi connectivity index (χ0n) is 14.3. The number of thioether (sulfide) groups is 2. The van der Waals surface area contributed by atoms with Gasteiger partial charge in [-0.2, -0.15) is 0 Å². The van der Waals surface area contributed by atoms with Gasteiger partial charge in [0.1, 0.15) is 0 Å². The van der Waals surface area contributed by atoms with Crippen LogP contribution in [0.1, 0.15) is 6.42 Å². The third kappa shape index (κ3) is 3.04. The molecule has 0 amide bonds. The summed E-state index contributed by atoms with van der Waals surface area (Å²) in [4.78, 5) is 9.47. The molecular formula is C19H20N4S2. The summed E-state index contributed by atoms with van der Waals surface area (Å²) >= 11 is 3.42. The molecule has 0 aliphatic rings. The molecule has 0 saturated heterocycles. The first-order valence-electron chi connectivity index (χ1n) is 8.30. The summed E-state index contributed by atoms with van der Waals surface area (Å²) in [6.07, 6.45) is 5.22. The average molecular weight is 369 g/mol. The van der Waals surface area contributed by atoms with Crippen LogP contribution in [0.25, 0.3) is 22.1 Å². The lowest BCUT2D eigenvalue weighted by Crippen LogP contribution is -2.06. The van der Waals surface area contributed by atoms with Gasteiger partial charge >= 0.3 is 0 Å². The van der Waals surface area contributed by atoms with Crippen LogP contribution in [0.15, 0.2) is 58.8 Å². The number of imidazole rings is 2. The minimum atomic E-state index is 0.955. The van der Waals surface area contributed by atoms with Gasteiger partial charge in [-0.25, -0.2) is 9.97 Å². The zero-order chi connectivity index (χ0) is 17.2. The smallest absolute Gasteiger partial charge is 0.168 e. The molecule has 0 unspecified atom stereocenters. The van der Waals surface area contributed by atoms with Crippen molar-refractivity contribution in [3.8, 4) is 0 Å². The Morgan fingerprint density at radius 1 is 0.720 bits per heavy atom. The fraction of sp³-hybridized carbons (Fsp3) is 0.263. The highest BCUT2D eigenvalue weighted by Crippen LogP contribution is 2.25. The van der Waals surface area contributed by atoms with E-state index in [0.717, 1.165) is 40.9 Å². The van der Waals surface area contributed by atoms with Crippen molar-refractivity contribution in [1.82, 2.24) is 19.1 Å². The highest BCUT2D eigenvalue weighted by molar-refractivity contribution is 7.98. The van der Waals surface area contributed by atoms with Gasteiger partial charge in [0.2, 0.25) is 0 Å². The van der Waals surface area contributed by atoms with Crippen molar-refractivity contribution in [3.63, 3.8) is 0 Å². The van der Waals surface area contributed by atoms with Crippen LogP contribution in [0.4, 0.5) is 0 Å². The first kappa shape index (κ1) is 16.5. The lowest BCUT2D eigenvalue weighted by molar-refractivity contribution is 0.533. The summed E-state index contributed by atoms with van der Waals surface area (Å²) in [7, 11) is 0. The van der Waals surface area contributed by atoms with Crippen LogP contribution in [-0.2, 0) is 13.1 Å². The fourth-order valence-electron chi connectivity index (χ4n) is 3.24. The molecule has 0 bridgehead atoms. The number of aromatic nitrogens is 4. The first-order chi connectivity index (χ1) is 12.3. The zero-order valence-corrected chi connectivity index (χ0v) is 16.0. The Morgan fingerprint density at radius 3 is 1.60 bits per heavy atom.